The van der Waals surface area contributed by atoms with Crippen molar-refractivity contribution in [2.75, 3.05) is 0 Å². The molecule has 0 saturated carbocycles. The molecule has 0 bridgehead atoms. The third kappa shape index (κ3) is 3.26. The summed E-state index contributed by atoms with van der Waals surface area (Å²) in [5.41, 5.74) is -0.0471. The van der Waals surface area contributed by atoms with Gasteiger partial charge in [-0.2, -0.15) is 0 Å². The zero-order valence-corrected chi connectivity index (χ0v) is 12.5. The maximum Gasteiger partial charge on any atom is 0.266 e. The lowest BCUT2D eigenvalue weighted by molar-refractivity contribution is 0.0982. The van der Waals surface area contributed by atoms with E-state index in [1.54, 1.807) is 4.57 Å². The summed E-state index contributed by atoms with van der Waals surface area (Å²) in [7, 11) is 0. The number of aromatic nitrogens is 2. The Bertz CT molecular complexity index is 592. The SMILES string of the molecule is O=C(CCCn1cncc(I)c1=O)c1cccs1. The number of ketones is 1. The first kappa shape index (κ1) is 13.4. The van der Waals surface area contributed by atoms with Crippen LogP contribution < -0.4 is 5.56 Å². The van der Waals surface area contributed by atoms with E-state index in [-0.39, 0.29) is 11.3 Å². The quantitative estimate of drug-likeness (QED) is 0.597. The standard InChI is InChI=1S/C12H11IN2O2S/c13-9-7-14-8-15(12(9)17)5-1-3-10(16)11-4-2-6-18-11/h2,4,6-8H,1,3,5H2. The molecular formula is C12H11IN2O2S. The van der Waals surface area contributed by atoms with E-state index >= 15 is 0 Å². The van der Waals surface area contributed by atoms with Crippen molar-refractivity contribution in [3.63, 3.8) is 0 Å². The second-order valence-corrected chi connectivity index (χ2v) is 5.85. The van der Waals surface area contributed by atoms with Gasteiger partial charge in [-0.05, 0) is 40.5 Å². The van der Waals surface area contributed by atoms with Gasteiger partial charge < -0.3 is 0 Å². The predicted molar refractivity (Wildman–Crippen MR) is 79.1 cm³/mol. The van der Waals surface area contributed by atoms with Gasteiger partial charge in [-0.15, -0.1) is 11.3 Å². The average molecular weight is 374 g/mol. The lowest BCUT2D eigenvalue weighted by atomic mass is 10.2. The Morgan fingerprint density at radius 3 is 3.06 bits per heavy atom. The van der Waals surface area contributed by atoms with Crippen molar-refractivity contribution in [3.05, 3.63) is 48.8 Å². The van der Waals surface area contributed by atoms with Crippen molar-refractivity contribution < 1.29 is 4.79 Å². The zero-order chi connectivity index (χ0) is 13.0. The molecule has 0 aliphatic carbocycles. The molecule has 0 aliphatic rings. The van der Waals surface area contributed by atoms with Crippen LogP contribution in [0.3, 0.4) is 0 Å². The summed E-state index contributed by atoms with van der Waals surface area (Å²) in [5, 5.41) is 1.89. The fourth-order valence-electron chi connectivity index (χ4n) is 1.55. The van der Waals surface area contributed by atoms with E-state index in [2.05, 4.69) is 4.98 Å². The predicted octanol–water partition coefficient (Wildman–Crippen LogP) is 2.57. The highest BCUT2D eigenvalue weighted by Gasteiger charge is 2.07. The number of carbonyl (C=O) groups excluding carboxylic acids is 1. The number of thiophene rings is 1. The molecule has 2 aromatic heterocycles. The Morgan fingerprint density at radius 2 is 2.33 bits per heavy atom. The van der Waals surface area contributed by atoms with Gasteiger partial charge in [-0.25, -0.2) is 4.98 Å². The van der Waals surface area contributed by atoms with Gasteiger partial charge in [0.25, 0.3) is 5.56 Å². The molecule has 0 fully saturated rings. The lowest BCUT2D eigenvalue weighted by Crippen LogP contribution is -2.22. The van der Waals surface area contributed by atoms with Crippen LogP contribution in [0.25, 0.3) is 0 Å². The maximum atomic E-state index is 11.8. The Balaban J connectivity index is 1.91. The third-order valence-electron chi connectivity index (χ3n) is 2.46. The number of carbonyl (C=O) groups is 1. The molecule has 2 heterocycles. The average Bonchev–Trinajstić information content (AvgIpc) is 2.88. The fourth-order valence-corrected chi connectivity index (χ4v) is 2.72. The van der Waals surface area contributed by atoms with Crippen molar-refractivity contribution in [2.24, 2.45) is 0 Å². The summed E-state index contributed by atoms with van der Waals surface area (Å²) < 4.78 is 2.14. The molecule has 6 heteroatoms. The number of Topliss-reactive ketones (excluding diaryl/α,β-unsaturated/α-hetero) is 1. The molecule has 0 atom stereocenters. The minimum Gasteiger partial charge on any atom is -0.298 e. The summed E-state index contributed by atoms with van der Waals surface area (Å²) in [6, 6.07) is 3.69. The second-order valence-electron chi connectivity index (χ2n) is 3.74. The normalized spacial score (nSPS) is 10.5. The Labute approximate surface area is 122 Å². The summed E-state index contributed by atoms with van der Waals surface area (Å²) in [5.74, 6) is 0.136. The molecule has 2 aromatic rings. The maximum absolute atomic E-state index is 11.8. The van der Waals surface area contributed by atoms with Gasteiger partial charge in [0.15, 0.2) is 5.78 Å². The van der Waals surface area contributed by atoms with Crippen molar-refractivity contribution in [2.45, 2.75) is 19.4 Å². The van der Waals surface area contributed by atoms with Crippen LogP contribution in [0.2, 0.25) is 0 Å². The first-order chi connectivity index (χ1) is 8.68. The molecule has 0 amide bonds. The molecule has 0 saturated heterocycles. The summed E-state index contributed by atoms with van der Waals surface area (Å²) in [6.07, 6.45) is 4.16. The Morgan fingerprint density at radius 1 is 1.50 bits per heavy atom. The molecule has 0 radical (unpaired) electrons. The van der Waals surface area contributed by atoms with E-state index in [1.807, 2.05) is 40.1 Å². The van der Waals surface area contributed by atoms with Crippen LogP contribution in [-0.4, -0.2) is 15.3 Å². The molecule has 2 rings (SSSR count). The van der Waals surface area contributed by atoms with Crippen molar-refractivity contribution >= 4 is 39.7 Å². The van der Waals surface area contributed by atoms with Gasteiger partial charge in [0.05, 0.1) is 14.8 Å². The van der Waals surface area contributed by atoms with Crippen LogP contribution in [0.5, 0.6) is 0 Å². The van der Waals surface area contributed by atoms with Crippen LogP contribution in [0, 0.1) is 3.57 Å². The smallest absolute Gasteiger partial charge is 0.266 e. The van der Waals surface area contributed by atoms with E-state index in [1.165, 1.54) is 23.9 Å². The number of hydrogen-bond donors (Lipinski definition) is 0. The number of aryl methyl sites for hydroxylation is 1. The van der Waals surface area contributed by atoms with Gasteiger partial charge in [0.1, 0.15) is 0 Å². The molecule has 0 unspecified atom stereocenters. The molecule has 4 nitrogen and oxygen atoms in total. The highest BCUT2D eigenvalue weighted by Crippen LogP contribution is 2.12. The topological polar surface area (TPSA) is 52.0 Å². The number of hydrogen-bond acceptors (Lipinski definition) is 4. The van der Waals surface area contributed by atoms with Gasteiger partial charge in [-0.1, -0.05) is 6.07 Å². The number of nitrogens with zero attached hydrogens (tertiary/aromatic N) is 2. The highest BCUT2D eigenvalue weighted by molar-refractivity contribution is 14.1. The minimum atomic E-state index is -0.0471. The van der Waals surface area contributed by atoms with Crippen LogP contribution in [0.1, 0.15) is 22.5 Å². The van der Waals surface area contributed by atoms with Crippen LogP contribution >= 0.6 is 33.9 Å². The molecule has 94 valence electrons. The van der Waals surface area contributed by atoms with Crippen LogP contribution in [0.4, 0.5) is 0 Å². The highest BCUT2D eigenvalue weighted by atomic mass is 127. The first-order valence-electron chi connectivity index (χ1n) is 5.45. The largest absolute Gasteiger partial charge is 0.298 e. The molecule has 0 aromatic carbocycles. The van der Waals surface area contributed by atoms with E-state index < -0.39 is 0 Å². The first-order valence-corrected chi connectivity index (χ1v) is 7.41. The summed E-state index contributed by atoms with van der Waals surface area (Å²) in [6.45, 7) is 0.528. The molecular weight excluding hydrogens is 363 g/mol. The van der Waals surface area contributed by atoms with E-state index in [0.717, 1.165) is 4.88 Å². The lowest BCUT2D eigenvalue weighted by Gasteiger charge is -2.04. The zero-order valence-electron chi connectivity index (χ0n) is 9.51. The monoisotopic (exact) mass is 374 g/mol. The van der Waals surface area contributed by atoms with Gasteiger partial charge in [-0.3, -0.25) is 14.2 Å². The Hall–Kier alpha value is -1.02. The fraction of sp³-hybridized carbons (Fsp3) is 0.250. The van der Waals surface area contributed by atoms with Gasteiger partial charge in [0, 0.05) is 19.2 Å². The van der Waals surface area contributed by atoms with E-state index in [0.29, 0.717) is 23.0 Å². The number of halogens is 1. The Kier molecular flexibility index (Phi) is 4.65. The van der Waals surface area contributed by atoms with Gasteiger partial charge >= 0.3 is 0 Å². The number of rotatable bonds is 5. The van der Waals surface area contributed by atoms with E-state index in [4.69, 9.17) is 0 Å². The third-order valence-corrected chi connectivity index (χ3v) is 4.11. The minimum absolute atomic E-state index is 0.0471. The second kappa shape index (κ2) is 6.24. The van der Waals surface area contributed by atoms with Crippen molar-refractivity contribution in [1.82, 2.24) is 9.55 Å². The molecule has 0 N–H and O–H groups in total. The van der Waals surface area contributed by atoms with Crippen LogP contribution in [0.15, 0.2) is 34.8 Å². The van der Waals surface area contributed by atoms with Crippen LogP contribution in [-0.2, 0) is 6.54 Å². The van der Waals surface area contributed by atoms with E-state index in [9.17, 15) is 9.59 Å². The summed E-state index contributed by atoms with van der Waals surface area (Å²) >= 11 is 3.41. The molecule has 0 spiro atoms. The molecule has 18 heavy (non-hydrogen) atoms. The van der Waals surface area contributed by atoms with Crippen molar-refractivity contribution in [1.29, 1.82) is 0 Å². The summed E-state index contributed by atoms with van der Waals surface area (Å²) in [4.78, 5) is 28.2. The van der Waals surface area contributed by atoms with Gasteiger partial charge in [0.2, 0.25) is 0 Å². The van der Waals surface area contributed by atoms with Crippen molar-refractivity contribution in [3.8, 4) is 0 Å². The molecule has 0 aliphatic heterocycles.